The Kier molecular flexibility index (Phi) is 7.23. The molecule has 1 aliphatic rings. The number of hydrogen-bond donors (Lipinski definition) is 2. The van der Waals surface area contributed by atoms with Gasteiger partial charge in [0.05, 0.1) is 12.5 Å². The highest BCUT2D eigenvalue weighted by Gasteiger charge is 2.26. The quantitative estimate of drug-likeness (QED) is 0.685. The SMILES string of the molecule is CSC(C)CCNCC(=O)N1CCC(C(=O)O)CC1. The lowest BCUT2D eigenvalue weighted by atomic mass is 9.97. The number of carboxylic acids is 1. The molecule has 5 nitrogen and oxygen atoms in total. The number of carbonyl (C=O) groups is 2. The van der Waals surface area contributed by atoms with Gasteiger partial charge in [0.2, 0.25) is 5.91 Å². The molecule has 1 unspecified atom stereocenters. The van der Waals surface area contributed by atoms with E-state index in [0.29, 0.717) is 37.7 Å². The minimum absolute atomic E-state index is 0.0839. The first kappa shape index (κ1) is 16.3. The number of piperidine rings is 1. The Hall–Kier alpha value is -0.750. The Morgan fingerprint density at radius 3 is 2.58 bits per heavy atom. The van der Waals surface area contributed by atoms with Gasteiger partial charge in [0.15, 0.2) is 0 Å². The van der Waals surface area contributed by atoms with E-state index >= 15 is 0 Å². The second kappa shape index (κ2) is 8.43. The van der Waals surface area contributed by atoms with E-state index in [1.165, 1.54) is 0 Å². The van der Waals surface area contributed by atoms with Gasteiger partial charge >= 0.3 is 5.97 Å². The maximum absolute atomic E-state index is 11.9. The molecule has 1 amide bonds. The predicted molar refractivity (Wildman–Crippen MR) is 77.4 cm³/mol. The highest BCUT2D eigenvalue weighted by Crippen LogP contribution is 2.17. The van der Waals surface area contributed by atoms with Crippen LogP contribution in [0.5, 0.6) is 0 Å². The van der Waals surface area contributed by atoms with Crippen LogP contribution in [0.4, 0.5) is 0 Å². The molecule has 2 N–H and O–H groups in total. The molecule has 1 rings (SSSR count). The average Bonchev–Trinajstić information content (AvgIpc) is 2.43. The van der Waals surface area contributed by atoms with Gasteiger partial charge in [-0.05, 0) is 32.1 Å². The number of amides is 1. The molecule has 0 bridgehead atoms. The molecule has 1 fully saturated rings. The van der Waals surface area contributed by atoms with Crippen LogP contribution in [-0.2, 0) is 9.59 Å². The first-order chi connectivity index (χ1) is 9.04. The third-order valence-electron chi connectivity index (χ3n) is 3.60. The second-order valence-electron chi connectivity index (χ2n) is 5.01. The number of nitrogens with zero attached hydrogens (tertiary/aromatic N) is 1. The van der Waals surface area contributed by atoms with Crippen molar-refractivity contribution < 1.29 is 14.7 Å². The minimum atomic E-state index is -0.740. The number of hydrogen-bond acceptors (Lipinski definition) is 4. The summed E-state index contributed by atoms with van der Waals surface area (Å²) in [6.07, 6.45) is 4.28. The van der Waals surface area contributed by atoms with Crippen LogP contribution >= 0.6 is 11.8 Å². The van der Waals surface area contributed by atoms with E-state index in [4.69, 9.17) is 5.11 Å². The zero-order valence-corrected chi connectivity index (χ0v) is 12.5. The summed E-state index contributed by atoms with van der Waals surface area (Å²) in [4.78, 5) is 24.5. The van der Waals surface area contributed by atoms with E-state index in [1.54, 1.807) is 4.90 Å². The number of nitrogens with one attached hydrogen (secondary N) is 1. The zero-order valence-electron chi connectivity index (χ0n) is 11.7. The predicted octanol–water partition coefficient (Wildman–Crippen LogP) is 1.04. The fourth-order valence-corrected chi connectivity index (χ4v) is 2.46. The van der Waals surface area contributed by atoms with Gasteiger partial charge in [-0.15, -0.1) is 0 Å². The highest BCUT2D eigenvalue weighted by atomic mass is 32.2. The number of thioether (sulfide) groups is 1. The van der Waals surface area contributed by atoms with Gasteiger partial charge in [-0.2, -0.15) is 11.8 Å². The third-order valence-corrected chi connectivity index (χ3v) is 4.64. The molecule has 0 saturated carbocycles. The average molecular weight is 288 g/mol. The number of aliphatic carboxylic acids is 1. The van der Waals surface area contributed by atoms with Gasteiger partial charge in [-0.1, -0.05) is 6.92 Å². The summed E-state index contributed by atoms with van der Waals surface area (Å²) in [5.41, 5.74) is 0. The second-order valence-corrected chi connectivity index (χ2v) is 6.28. The number of carboxylic acid groups (broad SMARTS) is 1. The maximum atomic E-state index is 11.9. The van der Waals surface area contributed by atoms with Crippen molar-refractivity contribution in [1.29, 1.82) is 0 Å². The lowest BCUT2D eigenvalue weighted by Gasteiger charge is -2.30. The number of carbonyl (C=O) groups excluding carboxylic acids is 1. The van der Waals surface area contributed by atoms with Gasteiger partial charge in [0.25, 0.3) is 0 Å². The van der Waals surface area contributed by atoms with E-state index in [0.717, 1.165) is 13.0 Å². The first-order valence-corrected chi connectivity index (χ1v) is 8.07. The molecule has 19 heavy (non-hydrogen) atoms. The molecule has 6 heteroatoms. The molecular formula is C13H24N2O3S. The molecule has 0 aromatic rings. The molecular weight excluding hydrogens is 264 g/mol. The van der Waals surface area contributed by atoms with Crippen molar-refractivity contribution in [2.75, 3.05) is 32.4 Å². The normalized spacial score (nSPS) is 18.3. The van der Waals surface area contributed by atoms with Crippen molar-refractivity contribution in [2.45, 2.75) is 31.4 Å². The van der Waals surface area contributed by atoms with Crippen molar-refractivity contribution in [3.8, 4) is 0 Å². The van der Waals surface area contributed by atoms with Crippen molar-refractivity contribution in [3.63, 3.8) is 0 Å². The summed E-state index contributed by atoms with van der Waals surface area (Å²) in [6.45, 7) is 4.51. The zero-order chi connectivity index (χ0) is 14.3. The van der Waals surface area contributed by atoms with Gasteiger partial charge in [0.1, 0.15) is 0 Å². The summed E-state index contributed by atoms with van der Waals surface area (Å²) in [7, 11) is 0. The maximum Gasteiger partial charge on any atom is 0.306 e. The van der Waals surface area contributed by atoms with Crippen molar-refractivity contribution in [1.82, 2.24) is 10.2 Å². The smallest absolute Gasteiger partial charge is 0.306 e. The van der Waals surface area contributed by atoms with Crippen LogP contribution in [0.25, 0.3) is 0 Å². The Bertz CT molecular complexity index is 304. The Labute approximate surface area is 119 Å². The van der Waals surface area contributed by atoms with Crippen LogP contribution in [0, 0.1) is 5.92 Å². The van der Waals surface area contributed by atoms with Crippen LogP contribution < -0.4 is 5.32 Å². The monoisotopic (exact) mass is 288 g/mol. The molecule has 1 atom stereocenters. The van der Waals surface area contributed by atoms with E-state index in [9.17, 15) is 9.59 Å². The molecule has 0 spiro atoms. The summed E-state index contributed by atoms with van der Waals surface area (Å²) >= 11 is 1.82. The topological polar surface area (TPSA) is 69.6 Å². The van der Waals surface area contributed by atoms with E-state index in [1.807, 2.05) is 11.8 Å². The lowest BCUT2D eigenvalue weighted by Crippen LogP contribution is -2.44. The Morgan fingerprint density at radius 1 is 1.42 bits per heavy atom. The molecule has 0 radical (unpaired) electrons. The van der Waals surface area contributed by atoms with Crippen molar-refractivity contribution >= 4 is 23.6 Å². The van der Waals surface area contributed by atoms with E-state index in [-0.39, 0.29) is 11.8 Å². The molecule has 110 valence electrons. The molecule has 0 aliphatic carbocycles. The van der Waals surface area contributed by atoms with E-state index < -0.39 is 5.97 Å². The van der Waals surface area contributed by atoms with Gasteiger partial charge < -0.3 is 15.3 Å². The molecule has 1 heterocycles. The highest BCUT2D eigenvalue weighted by molar-refractivity contribution is 7.99. The van der Waals surface area contributed by atoms with Crippen LogP contribution in [0.3, 0.4) is 0 Å². The van der Waals surface area contributed by atoms with Crippen LogP contribution in [0.15, 0.2) is 0 Å². The van der Waals surface area contributed by atoms with Crippen molar-refractivity contribution in [3.05, 3.63) is 0 Å². The minimum Gasteiger partial charge on any atom is -0.481 e. The fourth-order valence-electron chi connectivity index (χ4n) is 2.11. The standard InChI is InChI=1S/C13H24N2O3S/c1-10(19-2)3-6-14-9-12(16)15-7-4-11(5-8-15)13(17)18/h10-11,14H,3-9H2,1-2H3,(H,17,18). The van der Waals surface area contributed by atoms with Crippen LogP contribution in [0.2, 0.25) is 0 Å². The molecule has 0 aromatic carbocycles. The fraction of sp³-hybridized carbons (Fsp3) is 0.846. The van der Waals surface area contributed by atoms with Gasteiger partial charge in [-0.3, -0.25) is 9.59 Å². The van der Waals surface area contributed by atoms with Gasteiger partial charge in [-0.25, -0.2) is 0 Å². The molecule has 0 aromatic heterocycles. The lowest BCUT2D eigenvalue weighted by molar-refractivity contribution is -0.145. The Morgan fingerprint density at radius 2 is 2.05 bits per heavy atom. The summed E-state index contributed by atoms with van der Waals surface area (Å²) in [5.74, 6) is -0.934. The van der Waals surface area contributed by atoms with E-state index in [2.05, 4.69) is 18.5 Å². The third kappa shape index (κ3) is 5.82. The molecule has 1 aliphatic heterocycles. The summed E-state index contributed by atoms with van der Waals surface area (Å²) in [5, 5.41) is 12.7. The molecule has 1 saturated heterocycles. The van der Waals surface area contributed by atoms with Crippen LogP contribution in [-0.4, -0.2) is 59.6 Å². The van der Waals surface area contributed by atoms with Crippen LogP contribution in [0.1, 0.15) is 26.2 Å². The largest absolute Gasteiger partial charge is 0.481 e. The summed E-state index contributed by atoms with van der Waals surface area (Å²) < 4.78 is 0. The van der Waals surface area contributed by atoms with Gasteiger partial charge in [0, 0.05) is 18.3 Å². The summed E-state index contributed by atoms with van der Waals surface area (Å²) in [6, 6.07) is 0. The Balaban J connectivity index is 2.16. The first-order valence-electron chi connectivity index (χ1n) is 6.78. The van der Waals surface area contributed by atoms with Crippen molar-refractivity contribution in [2.24, 2.45) is 5.92 Å². The number of likely N-dealkylation sites (tertiary alicyclic amines) is 1. The number of rotatable bonds is 7.